The Labute approximate surface area is 130 Å². The number of hydrogen-bond donors (Lipinski definition) is 1. The van der Waals surface area contributed by atoms with Crippen molar-refractivity contribution in [2.24, 2.45) is 0 Å². The van der Waals surface area contributed by atoms with E-state index in [2.05, 4.69) is 38.2 Å². The molecule has 21 heavy (non-hydrogen) atoms. The number of aryl methyl sites for hydroxylation is 3. The highest BCUT2D eigenvalue weighted by Gasteiger charge is 2.29. The highest BCUT2D eigenvalue weighted by Crippen LogP contribution is 2.30. The molecule has 0 radical (unpaired) electrons. The quantitative estimate of drug-likeness (QED) is 0.842. The number of hydrogen-bond acceptors (Lipinski definition) is 3. The fraction of sp³-hybridized carbons (Fsp3) is 0.647. The molecule has 0 fully saturated rings. The summed E-state index contributed by atoms with van der Waals surface area (Å²) in [5, 5.41) is 2.79. The van der Waals surface area contributed by atoms with Gasteiger partial charge in [0.25, 0.3) is 0 Å². The van der Waals surface area contributed by atoms with E-state index in [0.717, 1.165) is 19.3 Å². The van der Waals surface area contributed by atoms with E-state index in [0.29, 0.717) is 0 Å². The maximum Gasteiger partial charge on any atom is 0.151 e. The molecule has 1 N–H and O–H groups in total. The molecule has 2 unspecified atom stereocenters. The lowest BCUT2D eigenvalue weighted by atomic mass is 9.88. The van der Waals surface area contributed by atoms with E-state index >= 15 is 0 Å². The zero-order chi connectivity index (χ0) is 16.2. The van der Waals surface area contributed by atoms with Gasteiger partial charge in [0.05, 0.1) is 5.25 Å². The molecule has 1 rings (SSSR count). The Balaban J connectivity index is 3.50. The molecule has 1 aromatic carbocycles. The molecule has 0 aliphatic carbocycles. The van der Waals surface area contributed by atoms with Gasteiger partial charge in [-0.05, 0) is 55.5 Å². The summed E-state index contributed by atoms with van der Waals surface area (Å²) in [5.74, 6) is 0. The van der Waals surface area contributed by atoms with Gasteiger partial charge in [0, 0.05) is 12.3 Å². The van der Waals surface area contributed by atoms with Gasteiger partial charge in [0.15, 0.2) is 9.84 Å². The second-order valence-corrected chi connectivity index (χ2v) is 8.09. The van der Waals surface area contributed by atoms with Crippen molar-refractivity contribution in [3.63, 3.8) is 0 Å². The summed E-state index contributed by atoms with van der Waals surface area (Å²) in [6.45, 7) is 8.22. The summed E-state index contributed by atoms with van der Waals surface area (Å²) in [6, 6.07) is 4.30. The third-order valence-corrected chi connectivity index (χ3v) is 5.97. The van der Waals surface area contributed by atoms with Crippen molar-refractivity contribution in [2.75, 3.05) is 13.3 Å². The zero-order valence-corrected chi connectivity index (χ0v) is 15.0. The number of sulfone groups is 1. The first-order chi connectivity index (χ1) is 9.79. The second kappa shape index (κ2) is 7.41. The van der Waals surface area contributed by atoms with Gasteiger partial charge in [-0.3, -0.25) is 0 Å². The molecule has 3 nitrogen and oxygen atoms in total. The predicted octanol–water partition coefficient (Wildman–Crippen LogP) is 3.07. The normalized spacial score (nSPS) is 15.0. The number of benzene rings is 1. The Morgan fingerprint density at radius 3 is 1.81 bits per heavy atom. The highest BCUT2D eigenvalue weighted by molar-refractivity contribution is 7.91. The van der Waals surface area contributed by atoms with Crippen LogP contribution in [0.25, 0.3) is 0 Å². The van der Waals surface area contributed by atoms with Crippen molar-refractivity contribution in [1.82, 2.24) is 5.32 Å². The van der Waals surface area contributed by atoms with Gasteiger partial charge in [-0.15, -0.1) is 0 Å². The van der Waals surface area contributed by atoms with Gasteiger partial charge in [-0.1, -0.05) is 32.9 Å². The second-order valence-electron chi connectivity index (χ2n) is 5.69. The van der Waals surface area contributed by atoms with Crippen LogP contribution in [-0.4, -0.2) is 27.0 Å². The smallest absolute Gasteiger partial charge is 0.151 e. The summed E-state index contributed by atoms with van der Waals surface area (Å²) in [4.78, 5) is 0. The minimum Gasteiger partial charge on any atom is -0.312 e. The Kier molecular flexibility index (Phi) is 6.41. The van der Waals surface area contributed by atoms with Crippen LogP contribution in [0, 0.1) is 0 Å². The molecule has 0 aliphatic heterocycles. The summed E-state index contributed by atoms with van der Waals surface area (Å²) in [5.41, 5.74) is 5.04. The Morgan fingerprint density at radius 2 is 1.52 bits per heavy atom. The molecular formula is C17H29NO2S. The SMILES string of the molecule is CCc1cc(CC)c(C(NC)C(C)S(C)(=O)=O)c(CC)c1. The minimum absolute atomic E-state index is 0.157. The van der Waals surface area contributed by atoms with Crippen molar-refractivity contribution in [1.29, 1.82) is 0 Å². The molecule has 0 bridgehead atoms. The van der Waals surface area contributed by atoms with Crippen LogP contribution in [0.3, 0.4) is 0 Å². The number of rotatable bonds is 7. The van der Waals surface area contributed by atoms with E-state index in [-0.39, 0.29) is 6.04 Å². The van der Waals surface area contributed by atoms with Crippen LogP contribution in [0.4, 0.5) is 0 Å². The summed E-state index contributed by atoms with van der Waals surface area (Å²) in [6.07, 6.45) is 4.17. The van der Waals surface area contributed by atoms with Gasteiger partial charge in [-0.2, -0.15) is 0 Å². The Hall–Kier alpha value is -0.870. The fourth-order valence-electron chi connectivity index (χ4n) is 2.90. The lowest BCUT2D eigenvalue weighted by molar-refractivity contribution is 0.530. The van der Waals surface area contributed by atoms with Crippen LogP contribution in [0.2, 0.25) is 0 Å². The van der Waals surface area contributed by atoms with Gasteiger partial charge in [0.1, 0.15) is 0 Å². The predicted molar refractivity (Wildman–Crippen MR) is 90.7 cm³/mol. The summed E-state index contributed by atoms with van der Waals surface area (Å²) in [7, 11) is -1.24. The molecule has 0 saturated heterocycles. The maximum atomic E-state index is 12.0. The molecule has 1 aromatic rings. The molecule has 0 heterocycles. The third kappa shape index (κ3) is 4.07. The van der Waals surface area contributed by atoms with E-state index in [1.165, 1.54) is 28.5 Å². The van der Waals surface area contributed by atoms with Crippen LogP contribution in [-0.2, 0) is 29.1 Å². The number of nitrogens with one attached hydrogen (secondary N) is 1. The van der Waals surface area contributed by atoms with Gasteiger partial charge < -0.3 is 5.32 Å². The lowest BCUT2D eigenvalue weighted by Crippen LogP contribution is -2.34. The Morgan fingerprint density at radius 1 is 1.05 bits per heavy atom. The van der Waals surface area contributed by atoms with Crippen molar-refractivity contribution < 1.29 is 8.42 Å². The van der Waals surface area contributed by atoms with Gasteiger partial charge in [-0.25, -0.2) is 8.42 Å². The van der Waals surface area contributed by atoms with E-state index < -0.39 is 15.1 Å². The molecular weight excluding hydrogens is 282 g/mol. The third-order valence-electron chi connectivity index (χ3n) is 4.35. The standard InChI is InChI=1S/C17H29NO2S/c1-7-13-10-14(8-2)16(15(9-3)11-13)17(18-5)12(4)21(6,19)20/h10-12,17-18H,7-9H2,1-6H3. The minimum atomic E-state index is -3.09. The van der Waals surface area contributed by atoms with Crippen molar-refractivity contribution in [2.45, 2.75) is 58.2 Å². The summed E-state index contributed by atoms with van der Waals surface area (Å²) < 4.78 is 24.0. The lowest BCUT2D eigenvalue weighted by Gasteiger charge is -2.28. The molecule has 0 aliphatic rings. The Bertz CT molecular complexity index is 553. The first-order valence-electron chi connectivity index (χ1n) is 7.80. The first-order valence-corrected chi connectivity index (χ1v) is 9.76. The average Bonchev–Trinajstić information content (AvgIpc) is 2.46. The maximum absolute atomic E-state index is 12.0. The topological polar surface area (TPSA) is 46.2 Å². The highest BCUT2D eigenvalue weighted by atomic mass is 32.2. The fourth-order valence-corrected chi connectivity index (χ4v) is 3.67. The molecule has 120 valence electrons. The first kappa shape index (κ1) is 18.2. The van der Waals surface area contributed by atoms with E-state index in [9.17, 15) is 8.42 Å². The van der Waals surface area contributed by atoms with Crippen molar-refractivity contribution >= 4 is 9.84 Å². The van der Waals surface area contributed by atoms with E-state index in [1.54, 1.807) is 6.92 Å². The van der Waals surface area contributed by atoms with Crippen LogP contribution < -0.4 is 5.32 Å². The van der Waals surface area contributed by atoms with Crippen LogP contribution >= 0.6 is 0 Å². The average molecular weight is 311 g/mol. The molecule has 0 saturated carbocycles. The van der Waals surface area contributed by atoms with E-state index in [1.807, 2.05) is 7.05 Å². The van der Waals surface area contributed by atoms with Gasteiger partial charge >= 0.3 is 0 Å². The largest absolute Gasteiger partial charge is 0.312 e. The van der Waals surface area contributed by atoms with Gasteiger partial charge in [0.2, 0.25) is 0 Å². The molecule has 2 atom stereocenters. The van der Waals surface area contributed by atoms with Crippen LogP contribution in [0.1, 0.15) is 56.0 Å². The monoisotopic (exact) mass is 311 g/mol. The molecule has 0 spiro atoms. The van der Waals surface area contributed by atoms with E-state index in [4.69, 9.17) is 0 Å². The van der Waals surface area contributed by atoms with Crippen molar-refractivity contribution in [3.05, 3.63) is 34.4 Å². The molecule has 0 aromatic heterocycles. The molecule has 0 amide bonds. The zero-order valence-electron chi connectivity index (χ0n) is 14.2. The van der Waals surface area contributed by atoms with Crippen LogP contribution in [0.5, 0.6) is 0 Å². The molecule has 4 heteroatoms. The van der Waals surface area contributed by atoms with Crippen LogP contribution in [0.15, 0.2) is 12.1 Å². The van der Waals surface area contributed by atoms with Crippen molar-refractivity contribution in [3.8, 4) is 0 Å². The summed E-state index contributed by atoms with van der Waals surface area (Å²) >= 11 is 0.